The highest BCUT2D eigenvalue weighted by Gasteiger charge is 2.25. The predicted molar refractivity (Wildman–Crippen MR) is 79.5 cm³/mol. The molecule has 0 aliphatic heterocycles. The van der Waals surface area contributed by atoms with E-state index in [2.05, 4.69) is 10.6 Å². The topological polar surface area (TPSA) is 122 Å². The summed E-state index contributed by atoms with van der Waals surface area (Å²) in [6, 6.07) is -1.44. The van der Waals surface area contributed by atoms with Crippen molar-refractivity contribution in [2.75, 3.05) is 6.54 Å². The molecule has 0 spiro atoms. The van der Waals surface area contributed by atoms with Gasteiger partial charge in [0.05, 0.1) is 6.04 Å². The van der Waals surface area contributed by atoms with Gasteiger partial charge in [0.1, 0.15) is 12.6 Å². The summed E-state index contributed by atoms with van der Waals surface area (Å²) in [4.78, 5) is 34.4. The maximum Gasteiger partial charge on any atom is 0.322 e. The van der Waals surface area contributed by atoms with Gasteiger partial charge < -0.3 is 21.5 Å². The zero-order valence-corrected chi connectivity index (χ0v) is 13.2. The number of carbonyl (C=O) groups excluding carboxylic acids is 2. The van der Waals surface area contributed by atoms with E-state index in [4.69, 9.17) is 10.8 Å². The average Bonchev–Trinajstić information content (AvgIpc) is 2.33. The zero-order chi connectivity index (χ0) is 16.6. The van der Waals surface area contributed by atoms with E-state index in [1.165, 1.54) is 0 Å². The molecular formula is C14H27N3O4. The summed E-state index contributed by atoms with van der Waals surface area (Å²) < 4.78 is 0. The highest BCUT2D eigenvalue weighted by atomic mass is 16.4. The molecule has 0 rings (SSSR count). The number of rotatable bonds is 9. The van der Waals surface area contributed by atoms with Crippen LogP contribution in [0.5, 0.6) is 0 Å². The Bertz CT molecular complexity index is 369. The molecule has 7 nitrogen and oxygen atoms in total. The third kappa shape index (κ3) is 9.01. The first kappa shape index (κ1) is 19.4. The minimum atomic E-state index is -1.13. The largest absolute Gasteiger partial charge is 0.480 e. The number of hydrogen-bond donors (Lipinski definition) is 4. The fraction of sp³-hybridized carbons (Fsp3) is 0.786. The van der Waals surface area contributed by atoms with Crippen molar-refractivity contribution in [1.82, 2.24) is 10.6 Å². The Labute approximate surface area is 125 Å². The van der Waals surface area contributed by atoms with Crippen LogP contribution in [0.3, 0.4) is 0 Å². The van der Waals surface area contributed by atoms with Gasteiger partial charge in [0, 0.05) is 0 Å². The van der Waals surface area contributed by atoms with Gasteiger partial charge in [-0.25, -0.2) is 0 Å². The molecule has 2 amide bonds. The second-order valence-corrected chi connectivity index (χ2v) is 6.04. The molecule has 0 heterocycles. The van der Waals surface area contributed by atoms with Crippen molar-refractivity contribution in [3.8, 4) is 0 Å². The summed E-state index contributed by atoms with van der Waals surface area (Å²) in [7, 11) is 0. The van der Waals surface area contributed by atoms with E-state index in [0.29, 0.717) is 12.8 Å². The summed E-state index contributed by atoms with van der Waals surface area (Å²) in [5.74, 6) is -1.58. The van der Waals surface area contributed by atoms with Crippen LogP contribution < -0.4 is 16.4 Å². The van der Waals surface area contributed by atoms with Crippen LogP contribution in [-0.4, -0.2) is 41.5 Å². The van der Waals surface area contributed by atoms with E-state index < -0.39 is 30.5 Å². The monoisotopic (exact) mass is 301 g/mol. The summed E-state index contributed by atoms with van der Waals surface area (Å²) in [6.45, 7) is 7.27. The lowest BCUT2D eigenvalue weighted by Crippen LogP contribution is -2.52. The van der Waals surface area contributed by atoms with Crippen LogP contribution >= 0.6 is 0 Å². The zero-order valence-electron chi connectivity index (χ0n) is 13.2. The second kappa shape index (κ2) is 9.33. The molecule has 0 aromatic carbocycles. The number of carboxylic acids is 1. The Morgan fingerprint density at radius 2 is 1.52 bits per heavy atom. The van der Waals surface area contributed by atoms with E-state index in [9.17, 15) is 14.4 Å². The maximum atomic E-state index is 12.0. The highest BCUT2D eigenvalue weighted by molar-refractivity contribution is 5.90. The van der Waals surface area contributed by atoms with Crippen LogP contribution in [0.4, 0.5) is 0 Å². The normalized spacial score (nSPS) is 13.9. The van der Waals surface area contributed by atoms with Crippen LogP contribution in [-0.2, 0) is 14.4 Å². The second-order valence-electron chi connectivity index (χ2n) is 6.04. The Kier molecular flexibility index (Phi) is 8.61. The van der Waals surface area contributed by atoms with Crippen molar-refractivity contribution in [1.29, 1.82) is 0 Å². The van der Waals surface area contributed by atoms with Gasteiger partial charge in [-0.15, -0.1) is 0 Å². The number of hydrogen-bond acceptors (Lipinski definition) is 4. The minimum absolute atomic E-state index is 0.173. The minimum Gasteiger partial charge on any atom is -0.480 e. The van der Waals surface area contributed by atoms with Gasteiger partial charge >= 0.3 is 5.97 Å². The molecule has 2 atom stereocenters. The number of aliphatic carboxylic acids is 1. The van der Waals surface area contributed by atoms with Gasteiger partial charge in [-0.05, 0) is 24.7 Å². The number of carboxylic acid groups (broad SMARTS) is 1. The number of carbonyl (C=O) groups is 3. The van der Waals surface area contributed by atoms with Gasteiger partial charge in [0.25, 0.3) is 0 Å². The summed E-state index contributed by atoms with van der Waals surface area (Å²) in [5.41, 5.74) is 5.78. The molecule has 0 aromatic heterocycles. The van der Waals surface area contributed by atoms with Gasteiger partial charge in [-0.2, -0.15) is 0 Å². The molecule has 0 bridgehead atoms. The van der Waals surface area contributed by atoms with Crippen LogP contribution in [0, 0.1) is 11.8 Å². The number of amides is 2. The smallest absolute Gasteiger partial charge is 0.322 e. The third-order valence-corrected chi connectivity index (χ3v) is 2.82. The fourth-order valence-corrected chi connectivity index (χ4v) is 1.88. The van der Waals surface area contributed by atoms with Crippen molar-refractivity contribution < 1.29 is 19.5 Å². The first-order chi connectivity index (χ1) is 9.63. The van der Waals surface area contributed by atoms with Crippen LogP contribution in [0.25, 0.3) is 0 Å². The first-order valence-electron chi connectivity index (χ1n) is 7.18. The quantitative estimate of drug-likeness (QED) is 0.481. The standard InChI is InChI=1S/C14H27N3O4/c1-8(2)5-10(15)13(20)17-11(6-9(3)4)14(21)16-7-12(18)19/h8-11H,5-7,15H2,1-4H3,(H,16,21)(H,17,20)(H,18,19)/t10-,11-/m1/s1. The summed E-state index contributed by atoms with van der Waals surface area (Å²) in [5, 5.41) is 13.5. The Morgan fingerprint density at radius 1 is 1.00 bits per heavy atom. The van der Waals surface area contributed by atoms with Gasteiger partial charge in [-0.3, -0.25) is 14.4 Å². The van der Waals surface area contributed by atoms with Crippen LogP contribution in [0.2, 0.25) is 0 Å². The number of nitrogens with one attached hydrogen (secondary N) is 2. The summed E-state index contributed by atoms with van der Waals surface area (Å²) >= 11 is 0. The van der Waals surface area contributed by atoms with Gasteiger partial charge in [0.15, 0.2) is 0 Å². The molecule has 0 saturated carbocycles. The highest BCUT2D eigenvalue weighted by Crippen LogP contribution is 2.07. The molecule has 0 radical (unpaired) electrons. The molecule has 0 fully saturated rings. The van der Waals surface area contributed by atoms with E-state index in [0.717, 1.165) is 0 Å². The molecule has 21 heavy (non-hydrogen) atoms. The third-order valence-electron chi connectivity index (χ3n) is 2.82. The molecular weight excluding hydrogens is 274 g/mol. The molecule has 5 N–H and O–H groups in total. The van der Waals surface area contributed by atoms with E-state index in [1.807, 2.05) is 27.7 Å². The van der Waals surface area contributed by atoms with Crippen molar-refractivity contribution in [3.63, 3.8) is 0 Å². The average molecular weight is 301 g/mol. The van der Waals surface area contributed by atoms with Gasteiger partial charge in [-0.1, -0.05) is 27.7 Å². The lowest BCUT2D eigenvalue weighted by molar-refractivity contribution is -0.138. The van der Waals surface area contributed by atoms with Crippen LogP contribution in [0.1, 0.15) is 40.5 Å². The van der Waals surface area contributed by atoms with Crippen LogP contribution in [0.15, 0.2) is 0 Å². The molecule has 0 unspecified atom stereocenters. The van der Waals surface area contributed by atoms with Crippen molar-refractivity contribution in [2.45, 2.75) is 52.6 Å². The Balaban J connectivity index is 4.64. The molecule has 0 aliphatic rings. The van der Waals surface area contributed by atoms with Crippen molar-refractivity contribution in [3.05, 3.63) is 0 Å². The molecule has 0 saturated heterocycles. The SMILES string of the molecule is CC(C)C[C@@H](N)C(=O)N[C@H](CC(C)C)C(=O)NCC(=O)O. The Morgan fingerprint density at radius 3 is 1.95 bits per heavy atom. The van der Waals surface area contributed by atoms with Crippen molar-refractivity contribution in [2.24, 2.45) is 17.6 Å². The fourth-order valence-electron chi connectivity index (χ4n) is 1.88. The predicted octanol–water partition coefficient (Wildman–Crippen LogP) is 0.0915. The molecule has 7 heteroatoms. The lowest BCUT2D eigenvalue weighted by atomic mass is 10.0. The first-order valence-corrected chi connectivity index (χ1v) is 7.18. The van der Waals surface area contributed by atoms with Gasteiger partial charge in [0.2, 0.25) is 11.8 Å². The van der Waals surface area contributed by atoms with E-state index in [1.54, 1.807) is 0 Å². The lowest BCUT2D eigenvalue weighted by Gasteiger charge is -2.22. The molecule has 0 aromatic rings. The number of nitrogens with two attached hydrogens (primary N) is 1. The van der Waals surface area contributed by atoms with E-state index >= 15 is 0 Å². The Hall–Kier alpha value is -1.63. The van der Waals surface area contributed by atoms with Crippen molar-refractivity contribution >= 4 is 17.8 Å². The summed E-state index contributed by atoms with van der Waals surface area (Å²) in [6.07, 6.45) is 0.947. The molecule has 122 valence electrons. The maximum absolute atomic E-state index is 12.0. The van der Waals surface area contributed by atoms with E-state index in [-0.39, 0.29) is 17.7 Å². The molecule has 0 aliphatic carbocycles.